The normalized spacial score (nSPS) is 10.3. The molecule has 3 aromatic rings. The van der Waals surface area contributed by atoms with Crippen molar-refractivity contribution in [3.05, 3.63) is 60.9 Å². The summed E-state index contributed by atoms with van der Waals surface area (Å²) in [6.45, 7) is 0. The Labute approximate surface area is 123 Å². The molecule has 0 saturated heterocycles. The fourth-order valence-electron chi connectivity index (χ4n) is 2.10. The molecule has 2 heterocycles. The van der Waals surface area contributed by atoms with Crippen LogP contribution in [0.5, 0.6) is 5.88 Å². The smallest absolute Gasteiger partial charge is 0.212 e. The predicted octanol–water partition coefficient (Wildman–Crippen LogP) is 3.20. The molecule has 0 spiro atoms. The molecule has 103 valence electrons. The summed E-state index contributed by atoms with van der Waals surface area (Å²) in [5.41, 5.74) is 9.84. The van der Waals surface area contributed by atoms with Crippen LogP contribution in [0.1, 0.15) is 0 Å². The number of methoxy groups -OCH3 is 1. The molecule has 2 aromatic heterocycles. The van der Waals surface area contributed by atoms with Crippen molar-refractivity contribution in [1.82, 2.24) is 9.97 Å². The lowest BCUT2D eigenvalue weighted by atomic mass is 10.0. The summed E-state index contributed by atoms with van der Waals surface area (Å²) in [4.78, 5) is 8.49. The number of nitrogens with zero attached hydrogens (tertiary/aromatic N) is 2. The first-order valence-corrected chi connectivity index (χ1v) is 6.50. The Morgan fingerprint density at radius 2 is 1.71 bits per heavy atom. The molecule has 1 aromatic carbocycles. The van der Waals surface area contributed by atoms with Crippen LogP contribution >= 0.6 is 0 Å². The molecule has 1 radical (unpaired) electrons. The van der Waals surface area contributed by atoms with E-state index < -0.39 is 0 Å². The molecule has 0 saturated carbocycles. The second-order valence-electron chi connectivity index (χ2n) is 4.53. The van der Waals surface area contributed by atoms with Crippen molar-refractivity contribution < 1.29 is 4.74 Å². The van der Waals surface area contributed by atoms with Gasteiger partial charge < -0.3 is 10.5 Å². The van der Waals surface area contributed by atoms with Crippen LogP contribution in [0.4, 0.5) is 5.82 Å². The molecule has 0 amide bonds. The summed E-state index contributed by atoms with van der Waals surface area (Å²) in [6.07, 6.45) is 3.50. The van der Waals surface area contributed by atoms with Crippen LogP contribution < -0.4 is 10.5 Å². The van der Waals surface area contributed by atoms with E-state index >= 15 is 0 Å². The van der Waals surface area contributed by atoms with Crippen molar-refractivity contribution in [2.45, 2.75) is 0 Å². The minimum absolute atomic E-state index is 0.480. The maximum Gasteiger partial charge on any atom is 0.212 e. The largest absolute Gasteiger partial charge is 0.481 e. The van der Waals surface area contributed by atoms with Crippen LogP contribution in [0.3, 0.4) is 0 Å². The fraction of sp³-hybridized carbons (Fsp3) is 0.0588. The summed E-state index contributed by atoms with van der Waals surface area (Å²) in [6, 6.07) is 16.5. The number of ether oxygens (including phenoxy) is 1. The maximum atomic E-state index is 5.99. The number of nitrogen functional groups attached to an aromatic ring is 1. The van der Waals surface area contributed by atoms with E-state index in [0.29, 0.717) is 11.7 Å². The summed E-state index contributed by atoms with van der Waals surface area (Å²) in [5, 5.41) is 0. The van der Waals surface area contributed by atoms with Crippen molar-refractivity contribution in [3.63, 3.8) is 0 Å². The standard InChI is InChI=1S/C17H14N3O/c1-21-16-8-7-13(10-19-16)15-9-14(11-20-17(15)18)12-5-3-2-4-6-12/h3-11H,1H3,(H2,18,20). The third-order valence-electron chi connectivity index (χ3n) is 3.23. The van der Waals surface area contributed by atoms with Crippen molar-refractivity contribution in [3.8, 4) is 28.1 Å². The van der Waals surface area contributed by atoms with Gasteiger partial charge in [-0.2, -0.15) is 0 Å². The van der Waals surface area contributed by atoms with E-state index in [1.54, 1.807) is 25.6 Å². The molecule has 0 aliphatic carbocycles. The maximum absolute atomic E-state index is 5.99. The lowest BCUT2D eigenvalue weighted by Gasteiger charge is -2.08. The van der Waals surface area contributed by atoms with Crippen molar-refractivity contribution >= 4 is 5.82 Å². The Morgan fingerprint density at radius 3 is 2.38 bits per heavy atom. The first kappa shape index (κ1) is 13.1. The van der Waals surface area contributed by atoms with Crippen LogP contribution in [-0.4, -0.2) is 17.1 Å². The number of benzene rings is 1. The first-order chi connectivity index (χ1) is 10.3. The van der Waals surface area contributed by atoms with E-state index in [-0.39, 0.29) is 0 Å². The average Bonchev–Trinajstić information content (AvgIpc) is 2.56. The molecule has 3 rings (SSSR count). The van der Waals surface area contributed by atoms with Crippen LogP contribution in [0.15, 0.2) is 54.9 Å². The highest BCUT2D eigenvalue weighted by molar-refractivity contribution is 5.78. The van der Waals surface area contributed by atoms with Crippen molar-refractivity contribution in [2.24, 2.45) is 0 Å². The molecule has 2 N–H and O–H groups in total. The van der Waals surface area contributed by atoms with Gasteiger partial charge in [0.1, 0.15) is 5.82 Å². The number of nitrogens with two attached hydrogens (primary N) is 1. The van der Waals surface area contributed by atoms with Gasteiger partial charge in [-0.25, -0.2) is 9.97 Å². The summed E-state index contributed by atoms with van der Waals surface area (Å²) < 4.78 is 5.07. The molecule has 0 aliphatic rings. The number of aromatic nitrogens is 2. The number of hydrogen-bond acceptors (Lipinski definition) is 4. The van der Waals surface area contributed by atoms with E-state index in [4.69, 9.17) is 10.5 Å². The van der Waals surface area contributed by atoms with E-state index in [1.807, 2.05) is 36.4 Å². The molecule has 4 nitrogen and oxygen atoms in total. The van der Waals surface area contributed by atoms with Crippen LogP contribution in [-0.2, 0) is 0 Å². The fourth-order valence-corrected chi connectivity index (χ4v) is 2.10. The second kappa shape index (κ2) is 5.63. The van der Waals surface area contributed by atoms with Gasteiger partial charge in [-0.15, -0.1) is 0 Å². The van der Waals surface area contributed by atoms with Crippen molar-refractivity contribution in [2.75, 3.05) is 12.8 Å². The highest BCUT2D eigenvalue weighted by Gasteiger charge is 2.07. The molecule has 4 heteroatoms. The van der Waals surface area contributed by atoms with Crippen LogP contribution in [0, 0.1) is 6.07 Å². The Kier molecular flexibility index (Phi) is 3.51. The van der Waals surface area contributed by atoms with Gasteiger partial charge in [0.25, 0.3) is 0 Å². The van der Waals surface area contributed by atoms with E-state index in [9.17, 15) is 0 Å². The van der Waals surface area contributed by atoms with Gasteiger partial charge in [-0.05, 0) is 23.8 Å². The summed E-state index contributed by atoms with van der Waals surface area (Å²) >= 11 is 0. The van der Waals surface area contributed by atoms with Gasteiger partial charge in [0, 0.05) is 35.2 Å². The number of rotatable bonds is 3. The zero-order valence-electron chi connectivity index (χ0n) is 11.6. The van der Waals surface area contributed by atoms with Gasteiger partial charge in [0.15, 0.2) is 0 Å². The Balaban J connectivity index is 2.05. The topological polar surface area (TPSA) is 61.0 Å². The third kappa shape index (κ3) is 2.69. The lowest BCUT2D eigenvalue weighted by molar-refractivity contribution is 0.398. The molecule has 0 aliphatic heterocycles. The minimum Gasteiger partial charge on any atom is -0.481 e. The highest BCUT2D eigenvalue weighted by Crippen LogP contribution is 2.29. The first-order valence-electron chi connectivity index (χ1n) is 6.50. The summed E-state index contributed by atoms with van der Waals surface area (Å²) in [7, 11) is 1.59. The van der Waals surface area contributed by atoms with E-state index in [2.05, 4.69) is 16.0 Å². The van der Waals surface area contributed by atoms with Gasteiger partial charge in [0.2, 0.25) is 5.88 Å². The molecular formula is C17H14N3O. The molecular weight excluding hydrogens is 262 g/mol. The molecule has 0 unspecified atom stereocenters. The Morgan fingerprint density at radius 1 is 0.952 bits per heavy atom. The molecule has 0 bridgehead atoms. The van der Waals surface area contributed by atoms with Gasteiger partial charge in [-0.1, -0.05) is 24.3 Å². The summed E-state index contributed by atoms with van der Waals surface area (Å²) in [5.74, 6) is 1.05. The number of anilines is 1. The van der Waals surface area contributed by atoms with Crippen molar-refractivity contribution in [1.29, 1.82) is 0 Å². The quantitative estimate of drug-likeness (QED) is 0.798. The number of pyridine rings is 2. The third-order valence-corrected chi connectivity index (χ3v) is 3.23. The van der Waals surface area contributed by atoms with Gasteiger partial charge >= 0.3 is 0 Å². The Hall–Kier alpha value is -2.88. The van der Waals surface area contributed by atoms with Gasteiger partial charge in [-0.3, -0.25) is 0 Å². The van der Waals surface area contributed by atoms with E-state index in [0.717, 1.165) is 22.3 Å². The average molecular weight is 276 g/mol. The monoisotopic (exact) mass is 276 g/mol. The second-order valence-corrected chi connectivity index (χ2v) is 4.53. The van der Waals surface area contributed by atoms with Crippen LogP contribution in [0.25, 0.3) is 22.3 Å². The highest BCUT2D eigenvalue weighted by atomic mass is 16.5. The minimum atomic E-state index is 0.480. The zero-order valence-corrected chi connectivity index (χ0v) is 11.6. The van der Waals surface area contributed by atoms with Gasteiger partial charge in [0.05, 0.1) is 7.11 Å². The lowest BCUT2D eigenvalue weighted by Crippen LogP contribution is -1.96. The SMILES string of the molecule is COc1ccc(-c2cc(-c3cc[c]cc3)cnc2N)cn1. The predicted molar refractivity (Wildman–Crippen MR) is 82.7 cm³/mol. The molecule has 21 heavy (non-hydrogen) atoms. The number of hydrogen-bond donors (Lipinski definition) is 1. The molecule has 0 fully saturated rings. The van der Waals surface area contributed by atoms with Crippen LogP contribution in [0.2, 0.25) is 0 Å². The van der Waals surface area contributed by atoms with E-state index in [1.165, 1.54) is 0 Å². The Bertz CT molecular complexity index is 740. The zero-order chi connectivity index (χ0) is 14.7. The molecule has 0 atom stereocenters.